The van der Waals surface area contributed by atoms with Gasteiger partial charge in [0, 0.05) is 18.6 Å². The van der Waals surface area contributed by atoms with E-state index in [1.54, 1.807) is 7.11 Å². The molecule has 4 rings (SSSR count). The number of nitrogens with zero attached hydrogens (tertiary/aromatic N) is 4. The molecule has 2 aliphatic rings. The van der Waals surface area contributed by atoms with Crippen LogP contribution in [0.4, 0.5) is 17.5 Å². The van der Waals surface area contributed by atoms with Gasteiger partial charge in [0.15, 0.2) is 0 Å². The maximum Gasteiger partial charge on any atom is 0.329 e. The SMILES string of the molecule is COc1ccc(CN(c2ncc([N+](=O)[O-])c(NC3CC3)n2)C2CC2)cc1. The molecular formula is C18H21N5O3. The van der Waals surface area contributed by atoms with Crippen LogP contribution < -0.4 is 15.0 Å². The van der Waals surface area contributed by atoms with Gasteiger partial charge in [-0.05, 0) is 43.4 Å². The topological polar surface area (TPSA) is 93.4 Å². The molecule has 26 heavy (non-hydrogen) atoms. The minimum atomic E-state index is -0.431. The number of rotatable bonds is 8. The van der Waals surface area contributed by atoms with Gasteiger partial charge >= 0.3 is 5.69 Å². The summed E-state index contributed by atoms with van der Waals surface area (Å²) in [6.07, 6.45) is 5.53. The number of nitrogens with one attached hydrogen (secondary N) is 1. The second kappa shape index (κ2) is 6.78. The van der Waals surface area contributed by atoms with E-state index < -0.39 is 4.92 Å². The molecule has 0 atom stereocenters. The Balaban J connectivity index is 1.60. The molecular weight excluding hydrogens is 334 g/mol. The van der Waals surface area contributed by atoms with E-state index >= 15 is 0 Å². The Morgan fingerprint density at radius 1 is 1.27 bits per heavy atom. The number of hydrogen-bond donors (Lipinski definition) is 1. The zero-order chi connectivity index (χ0) is 18.1. The molecule has 0 spiro atoms. The molecule has 136 valence electrons. The molecule has 1 heterocycles. The third-order valence-electron chi connectivity index (χ3n) is 4.63. The number of aromatic nitrogens is 2. The van der Waals surface area contributed by atoms with Crippen molar-refractivity contribution < 1.29 is 9.66 Å². The van der Waals surface area contributed by atoms with Crippen LogP contribution in [0.25, 0.3) is 0 Å². The van der Waals surface area contributed by atoms with E-state index in [2.05, 4.69) is 20.2 Å². The van der Waals surface area contributed by atoms with Crippen molar-refractivity contribution in [2.75, 3.05) is 17.3 Å². The van der Waals surface area contributed by atoms with Gasteiger partial charge in [-0.1, -0.05) is 12.1 Å². The summed E-state index contributed by atoms with van der Waals surface area (Å²) in [4.78, 5) is 21.8. The van der Waals surface area contributed by atoms with Crippen molar-refractivity contribution in [3.05, 3.63) is 46.1 Å². The first kappa shape index (κ1) is 16.6. The summed E-state index contributed by atoms with van der Waals surface area (Å²) in [7, 11) is 1.64. The zero-order valence-electron chi connectivity index (χ0n) is 14.6. The quantitative estimate of drug-likeness (QED) is 0.574. The van der Waals surface area contributed by atoms with Crippen molar-refractivity contribution in [1.29, 1.82) is 0 Å². The lowest BCUT2D eigenvalue weighted by Gasteiger charge is -2.23. The maximum absolute atomic E-state index is 11.3. The Bertz CT molecular complexity index is 803. The first-order valence-corrected chi connectivity index (χ1v) is 8.81. The van der Waals surface area contributed by atoms with Gasteiger partial charge in [-0.3, -0.25) is 10.1 Å². The summed E-state index contributed by atoms with van der Waals surface area (Å²) in [5.74, 6) is 1.68. The van der Waals surface area contributed by atoms with E-state index in [-0.39, 0.29) is 11.7 Å². The van der Waals surface area contributed by atoms with Gasteiger partial charge in [-0.25, -0.2) is 4.98 Å². The fraction of sp³-hybridized carbons (Fsp3) is 0.444. The fourth-order valence-corrected chi connectivity index (χ4v) is 2.84. The van der Waals surface area contributed by atoms with E-state index in [0.29, 0.717) is 24.4 Å². The molecule has 0 unspecified atom stereocenters. The van der Waals surface area contributed by atoms with Crippen molar-refractivity contribution in [3.63, 3.8) is 0 Å². The zero-order valence-corrected chi connectivity index (χ0v) is 14.6. The third kappa shape index (κ3) is 3.68. The molecule has 2 aromatic rings. The predicted molar refractivity (Wildman–Crippen MR) is 97.5 cm³/mol. The fourth-order valence-electron chi connectivity index (χ4n) is 2.84. The summed E-state index contributed by atoms with van der Waals surface area (Å²) in [5, 5.41) is 14.4. The van der Waals surface area contributed by atoms with Gasteiger partial charge in [0.05, 0.1) is 12.0 Å². The highest BCUT2D eigenvalue weighted by molar-refractivity contribution is 5.58. The van der Waals surface area contributed by atoms with Crippen LogP contribution in [0.15, 0.2) is 30.5 Å². The number of hydrogen-bond acceptors (Lipinski definition) is 7. The second-order valence-corrected chi connectivity index (χ2v) is 6.79. The van der Waals surface area contributed by atoms with Crippen LogP contribution >= 0.6 is 0 Å². The first-order chi connectivity index (χ1) is 12.6. The summed E-state index contributed by atoms with van der Waals surface area (Å²) >= 11 is 0. The molecule has 0 bridgehead atoms. The molecule has 2 aliphatic carbocycles. The van der Waals surface area contributed by atoms with Crippen LogP contribution in [0.5, 0.6) is 5.75 Å². The second-order valence-electron chi connectivity index (χ2n) is 6.79. The third-order valence-corrected chi connectivity index (χ3v) is 4.63. The predicted octanol–water partition coefficient (Wildman–Crippen LogP) is 3.14. The summed E-state index contributed by atoms with van der Waals surface area (Å²) < 4.78 is 5.20. The summed E-state index contributed by atoms with van der Waals surface area (Å²) in [6, 6.07) is 8.56. The summed E-state index contributed by atoms with van der Waals surface area (Å²) in [5.41, 5.74) is 1.05. The molecule has 0 aliphatic heterocycles. The van der Waals surface area contributed by atoms with Crippen molar-refractivity contribution in [3.8, 4) is 5.75 Å². The van der Waals surface area contributed by atoms with E-state index in [4.69, 9.17) is 4.74 Å². The summed E-state index contributed by atoms with van der Waals surface area (Å²) in [6.45, 7) is 0.662. The van der Waals surface area contributed by atoms with Crippen molar-refractivity contribution >= 4 is 17.5 Å². The number of benzene rings is 1. The van der Waals surface area contributed by atoms with Gasteiger partial charge in [0.25, 0.3) is 0 Å². The molecule has 2 fully saturated rings. The molecule has 2 saturated carbocycles. The smallest absolute Gasteiger partial charge is 0.329 e. The van der Waals surface area contributed by atoms with Gasteiger partial charge < -0.3 is 15.0 Å². The minimum Gasteiger partial charge on any atom is -0.497 e. The van der Waals surface area contributed by atoms with E-state index in [9.17, 15) is 10.1 Å². The van der Waals surface area contributed by atoms with Crippen LogP contribution in [0.1, 0.15) is 31.2 Å². The van der Waals surface area contributed by atoms with Crippen LogP contribution in [0, 0.1) is 10.1 Å². The lowest BCUT2D eigenvalue weighted by molar-refractivity contribution is -0.384. The Kier molecular flexibility index (Phi) is 4.32. The number of nitro groups is 1. The molecule has 1 aromatic heterocycles. The van der Waals surface area contributed by atoms with Crippen LogP contribution in [0.3, 0.4) is 0 Å². The first-order valence-electron chi connectivity index (χ1n) is 8.81. The van der Waals surface area contributed by atoms with E-state index in [0.717, 1.165) is 37.0 Å². The van der Waals surface area contributed by atoms with Gasteiger partial charge in [0.2, 0.25) is 11.8 Å². The van der Waals surface area contributed by atoms with Crippen LogP contribution in [0.2, 0.25) is 0 Å². The highest BCUT2D eigenvalue weighted by Gasteiger charge is 2.33. The highest BCUT2D eigenvalue weighted by Crippen LogP contribution is 2.34. The molecule has 0 saturated heterocycles. The van der Waals surface area contributed by atoms with Crippen molar-refractivity contribution in [2.45, 2.75) is 44.3 Å². The largest absolute Gasteiger partial charge is 0.497 e. The Hall–Kier alpha value is -2.90. The maximum atomic E-state index is 11.3. The van der Waals surface area contributed by atoms with Gasteiger partial charge in [-0.15, -0.1) is 0 Å². The normalized spacial score (nSPS) is 16.2. The van der Waals surface area contributed by atoms with Crippen LogP contribution in [-0.4, -0.2) is 34.1 Å². The Labute approximate surface area is 151 Å². The monoisotopic (exact) mass is 355 g/mol. The van der Waals surface area contributed by atoms with E-state index in [1.807, 2.05) is 24.3 Å². The standard InChI is InChI=1S/C18H21N5O3/c1-26-15-8-2-12(3-9-15)11-22(14-6-7-14)18-19-10-16(23(24)25)17(21-18)20-13-4-5-13/h2-3,8-10,13-14H,4-7,11H2,1H3,(H,19,20,21). The number of ether oxygens (including phenoxy) is 1. The minimum absolute atomic E-state index is 0.0687. The average molecular weight is 355 g/mol. The Morgan fingerprint density at radius 2 is 2.00 bits per heavy atom. The molecule has 0 radical (unpaired) electrons. The number of anilines is 2. The average Bonchev–Trinajstić information content (AvgIpc) is 3.54. The highest BCUT2D eigenvalue weighted by atomic mass is 16.6. The van der Waals surface area contributed by atoms with Crippen LogP contribution in [-0.2, 0) is 6.54 Å². The van der Waals surface area contributed by atoms with E-state index in [1.165, 1.54) is 6.20 Å². The van der Waals surface area contributed by atoms with Gasteiger partial charge in [0.1, 0.15) is 11.9 Å². The molecule has 1 N–H and O–H groups in total. The molecule has 1 aromatic carbocycles. The lowest BCUT2D eigenvalue weighted by atomic mass is 10.2. The lowest BCUT2D eigenvalue weighted by Crippen LogP contribution is -2.27. The van der Waals surface area contributed by atoms with Crippen molar-refractivity contribution in [2.24, 2.45) is 0 Å². The Morgan fingerprint density at radius 3 is 2.58 bits per heavy atom. The van der Waals surface area contributed by atoms with Crippen molar-refractivity contribution in [1.82, 2.24) is 9.97 Å². The molecule has 8 nitrogen and oxygen atoms in total. The number of methoxy groups -OCH3 is 1. The molecule has 0 amide bonds. The van der Waals surface area contributed by atoms with Gasteiger partial charge in [-0.2, -0.15) is 4.98 Å². The molecule has 8 heteroatoms.